The topological polar surface area (TPSA) is 57.1 Å². The molecule has 0 spiro atoms. The van der Waals surface area contributed by atoms with Crippen molar-refractivity contribution in [2.24, 2.45) is 5.92 Å². The van der Waals surface area contributed by atoms with Crippen LogP contribution in [0.15, 0.2) is 22.7 Å². The van der Waals surface area contributed by atoms with Gasteiger partial charge in [-0.15, -0.1) is 0 Å². The van der Waals surface area contributed by atoms with Crippen molar-refractivity contribution in [2.45, 2.75) is 46.1 Å². The lowest BCUT2D eigenvalue weighted by Crippen LogP contribution is -2.35. The number of nitrogens with zero attached hydrogens (tertiary/aromatic N) is 2. The van der Waals surface area contributed by atoms with Gasteiger partial charge in [-0.25, -0.2) is 0 Å². The van der Waals surface area contributed by atoms with Crippen LogP contribution in [0.1, 0.15) is 43.9 Å². The minimum atomic E-state index is 0.826. The van der Waals surface area contributed by atoms with Crippen molar-refractivity contribution < 1.29 is 4.42 Å². The second-order valence-corrected chi connectivity index (χ2v) is 7.11. The molecule has 3 heterocycles. The van der Waals surface area contributed by atoms with E-state index in [1.54, 1.807) is 0 Å². The van der Waals surface area contributed by atoms with E-state index in [2.05, 4.69) is 27.3 Å². The van der Waals surface area contributed by atoms with Gasteiger partial charge in [0.15, 0.2) is 5.76 Å². The van der Waals surface area contributed by atoms with E-state index in [-0.39, 0.29) is 0 Å². The molecule has 0 aromatic carbocycles. The Kier molecular flexibility index (Phi) is 6.10. The highest BCUT2D eigenvalue weighted by atomic mass is 16.3. The number of aryl methyl sites for hydroxylation is 1. The number of nitrogens with one attached hydrogen (secondary N) is 2. The lowest BCUT2D eigenvalue weighted by molar-refractivity contribution is 0.181. The fraction of sp³-hybridized carbons (Fsp3) is 0.632. The number of rotatable bonds is 8. The van der Waals surface area contributed by atoms with Gasteiger partial charge in [-0.2, -0.15) is 5.10 Å². The summed E-state index contributed by atoms with van der Waals surface area (Å²) in [6, 6.07) is 3.97. The zero-order valence-electron chi connectivity index (χ0n) is 15.0. The van der Waals surface area contributed by atoms with Crippen molar-refractivity contribution in [3.05, 3.63) is 29.7 Å². The number of aromatic amines is 1. The average Bonchev–Trinajstić information content (AvgIpc) is 3.19. The molecular weight excluding hydrogens is 300 g/mol. The van der Waals surface area contributed by atoms with Crippen molar-refractivity contribution in [1.29, 1.82) is 0 Å². The quantitative estimate of drug-likeness (QED) is 0.726. The molecule has 1 unspecified atom stereocenters. The first-order chi connectivity index (χ1) is 11.7. The summed E-state index contributed by atoms with van der Waals surface area (Å²) in [5.41, 5.74) is 2.15. The Balaban J connectivity index is 1.35. The average molecular weight is 330 g/mol. The second kappa shape index (κ2) is 8.49. The van der Waals surface area contributed by atoms with Crippen LogP contribution in [-0.4, -0.2) is 41.3 Å². The van der Waals surface area contributed by atoms with Crippen molar-refractivity contribution in [2.75, 3.05) is 26.2 Å². The summed E-state index contributed by atoms with van der Waals surface area (Å²) in [4.78, 5) is 2.63. The van der Waals surface area contributed by atoms with Crippen molar-refractivity contribution >= 4 is 0 Å². The molecule has 1 aliphatic heterocycles. The Morgan fingerprint density at radius 3 is 3.08 bits per heavy atom. The highest BCUT2D eigenvalue weighted by Gasteiger charge is 2.15. The summed E-state index contributed by atoms with van der Waals surface area (Å²) >= 11 is 0. The van der Waals surface area contributed by atoms with E-state index in [1.165, 1.54) is 45.3 Å². The van der Waals surface area contributed by atoms with Gasteiger partial charge in [0.1, 0.15) is 11.5 Å². The van der Waals surface area contributed by atoms with Crippen LogP contribution in [0.4, 0.5) is 0 Å². The lowest BCUT2D eigenvalue weighted by atomic mass is 10.0. The van der Waals surface area contributed by atoms with Crippen molar-refractivity contribution in [3.63, 3.8) is 0 Å². The van der Waals surface area contributed by atoms with E-state index in [0.717, 1.165) is 41.8 Å². The summed E-state index contributed by atoms with van der Waals surface area (Å²) in [6.45, 7) is 10.0. The number of piperidine rings is 1. The molecule has 0 radical (unpaired) electrons. The largest absolute Gasteiger partial charge is 0.460 e. The van der Waals surface area contributed by atoms with E-state index >= 15 is 0 Å². The first-order valence-corrected chi connectivity index (χ1v) is 9.24. The van der Waals surface area contributed by atoms with Gasteiger partial charge in [-0.3, -0.25) is 5.10 Å². The minimum Gasteiger partial charge on any atom is -0.460 e. The highest BCUT2D eigenvalue weighted by Crippen LogP contribution is 2.23. The van der Waals surface area contributed by atoms with E-state index in [0.29, 0.717) is 0 Å². The highest BCUT2D eigenvalue weighted by molar-refractivity contribution is 5.56. The Morgan fingerprint density at radius 2 is 2.29 bits per heavy atom. The molecule has 0 bridgehead atoms. The van der Waals surface area contributed by atoms with Crippen LogP contribution >= 0.6 is 0 Å². The van der Waals surface area contributed by atoms with Gasteiger partial charge in [-0.1, -0.05) is 6.92 Å². The van der Waals surface area contributed by atoms with Gasteiger partial charge < -0.3 is 14.6 Å². The molecule has 2 aromatic heterocycles. The minimum absolute atomic E-state index is 0.826. The van der Waals surface area contributed by atoms with Crippen LogP contribution < -0.4 is 5.32 Å². The molecule has 1 fully saturated rings. The normalized spacial score (nSPS) is 19.0. The van der Waals surface area contributed by atoms with Crippen LogP contribution in [0.3, 0.4) is 0 Å². The predicted octanol–water partition coefficient (Wildman–Crippen LogP) is 3.58. The molecule has 5 heteroatoms. The molecule has 24 heavy (non-hydrogen) atoms. The van der Waals surface area contributed by atoms with Gasteiger partial charge in [0.05, 0.1) is 6.20 Å². The molecule has 0 saturated carbocycles. The Morgan fingerprint density at radius 1 is 1.38 bits per heavy atom. The van der Waals surface area contributed by atoms with Gasteiger partial charge in [0.2, 0.25) is 0 Å². The number of unbranched alkanes of at least 4 members (excludes halogenated alkanes) is 1. The van der Waals surface area contributed by atoms with Crippen LogP contribution in [0.25, 0.3) is 11.5 Å². The molecule has 1 atom stereocenters. The van der Waals surface area contributed by atoms with E-state index < -0.39 is 0 Å². The molecule has 5 nitrogen and oxygen atoms in total. The van der Waals surface area contributed by atoms with Crippen molar-refractivity contribution in [1.82, 2.24) is 20.4 Å². The Hall–Kier alpha value is -1.59. The predicted molar refractivity (Wildman–Crippen MR) is 96.8 cm³/mol. The number of furan rings is 1. The van der Waals surface area contributed by atoms with Crippen LogP contribution in [0.2, 0.25) is 0 Å². The maximum Gasteiger partial charge on any atom is 0.152 e. The maximum atomic E-state index is 5.68. The first kappa shape index (κ1) is 17.2. The van der Waals surface area contributed by atoms with Crippen LogP contribution in [0, 0.1) is 12.8 Å². The molecular formula is C19H30N4O. The molecule has 2 aromatic rings. The van der Waals surface area contributed by atoms with Gasteiger partial charge in [-0.05, 0) is 70.3 Å². The van der Waals surface area contributed by atoms with E-state index in [1.807, 2.05) is 25.3 Å². The van der Waals surface area contributed by atoms with Gasteiger partial charge in [0.25, 0.3) is 0 Å². The van der Waals surface area contributed by atoms with Crippen molar-refractivity contribution in [3.8, 4) is 11.5 Å². The monoisotopic (exact) mass is 330 g/mol. The third-order valence-electron chi connectivity index (χ3n) is 4.84. The fourth-order valence-corrected chi connectivity index (χ4v) is 3.53. The molecule has 3 rings (SSSR count). The lowest BCUT2D eigenvalue weighted by Gasteiger charge is -2.30. The number of hydrogen-bond acceptors (Lipinski definition) is 4. The Bertz CT molecular complexity index is 618. The number of aromatic nitrogens is 2. The first-order valence-electron chi connectivity index (χ1n) is 9.24. The zero-order chi connectivity index (χ0) is 16.8. The van der Waals surface area contributed by atoms with E-state index in [9.17, 15) is 0 Å². The number of H-pyrrole nitrogens is 1. The summed E-state index contributed by atoms with van der Waals surface area (Å²) in [6.07, 6.45) is 7.15. The summed E-state index contributed by atoms with van der Waals surface area (Å²) in [7, 11) is 0. The zero-order valence-corrected chi connectivity index (χ0v) is 15.0. The molecule has 1 aliphatic rings. The molecule has 2 N–H and O–H groups in total. The number of hydrogen-bond donors (Lipinski definition) is 2. The van der Waals surface area contributed by atoms with Crippen LogP contribution in [-0.2, 0) is 6.54 Å². The third kappa shape index (κ3) is 4.71. The smallest absolute Gasteiger partial charge is 0.152 e. The summed E-state index contributed by atoms with van der Waals surface area (Å²) in [5, 5.41) is 10.7. The standard InChI is InChI=1S/C19H30N4O/c1-15-6-5-11-23(14-15)10-4-3-9-20-12-17-13-21-22-19(17)18-8-7-16(2)24-18/h7-8,13,15,20H,3-6,9-12,14H2,1-2H3,(H,21,22). The molecule has 1 saturated heterocycles. The third-order valence-corrected chi connectivity index (χ3v) is 4.84. The number of likely N-dealkylation sites (tertiary alicyclic amines) is 1. The summed E-state index contributed by atoms with van der Waals surface area (Å²) in [5.74, 6) is 2.66. The van der Waals surface area contributed by atoms with Crippen LogP contribution in [0.5, 0.6) is 0 Å². The molecule has 0 aliphatic carbocycles. The van der Waals surface area contributed by atoms with E-state index in [4.69, 9.17) is 4.42 Å². The molecule has 0 amide bonds. The SMILES string of the molecule is Cc1ccc(-c2[nH]ncc2CNCCCCN2CCCC(C)C2)o1. The van der Waals surface area contributed by atoms with Gasteiger partial charge >= 0.3 is 0 Å². The maximum absolute atomic E-state index is 5.68. The second-order valence-electron chi connectivity index (χ2n) is 7.11. The Labute approximate surface area is 144 Å². The molecule has 132 valence electrons. The summed E-state index contributed by atoms with van der Waals surface area (Å²) < 4.78 is 5.68. The van der Waals surface area contributed by atoms with Gasteiger partial charge in [0, 0.05) is 18.7 Å². The fourth-order valence-electron chi connectivity index (χ4n) is 3.53.